The summed E-state index contributed by atoms with van der Waals surface area (Å²) >= 11 is 10.9. The number of allylic oxidation sites excluding steroid dienone is 4. The van der Waals surface area contributed by atoms with E-state index < -0.39 is 111 Å². The topological polar surface area (TPSA) is 384 Å². The van der Waals surface area contributed by atoms with Gasteiger partial charge in [0.05, 0.1) is 101 Å². The highest BCUT2D eigenvalue weighted by molar-refractivity contribution is 6.56. The van der Waals surface area contributed by atoms with Crippen LogP contribution < -0.4 is 36.1 Å². The van der Waals surface area contributed by atoms with Gasteiger partial charge in [0.2, 0.25) is 11.6 Å². The van der Waals surface area contributed by atoms with Crippen molar-refractivity contribution in [2.45, 2.75) is 58.6 Å². The fraction of sp³-hybridized carbons (Fsp3) is 0.107. The number of aliphatic hydroxyl groups is 3. The number of nitrogens with zero attached hydrogens (tertiary/aromatic N) is 4. The number of terminal acetylenes is 1. The molecule has 1 aliphatic carbocycles. The van der Waals surface area contributed by atoms with Crippen molar-refractivity contribution in [2.24, 2.45) is 0 Å². The highest BCUT2D eigenvalue weighted by Crippen LogP contribution is 2.41. The number of rotatable bonds is 22. The van der Waals surface area contributed by atoms with E-state index in [-0.39, 0.29) is 91.2 Å². The van der Waals surface area contributed by atoms with Crippen LogP contribution in [-0.4, -0.2) is 102 Å². The Labute approximate surface area is 810 Å². The minimum absolute atomic E-state index is 0.0116. The summed E-state index contributed by atoms with van der Waals surface area (Å²) in [6.07, 6.45) is -5.57. The van der Waals surface area contributed by atoms with E-state index in [9.17, 15) is 112 Å². The lowest BCUT2D eigenvalue weighted by Crippen LogP contribution is -2.23. The van der Waals surface area contributed by atoms with Gasteiger partial charge in [-0.15, -0.1) is 12.3 Å². The van der Waals surface area contributed by atoms with E-state index in [1.54, 1.807) is 125 Å². The zero-order valence-corrected chi connectivity index (χ0v) is 75.9. The Balaban J connectivity index is 0.000000194. The second-order valence-corrected chi connectivity index (χ2v) is 30.5. The molecule has 2 heterocycles. The lowest BCUT2D eigenvalue weighted by Gasteiger charge is -2.16. The number of fused-ring (bicyclic) bond motifs is 2. The number of benzene rings is 11. The number of para-hydroxylation sites is 2. The number of aryl methyl sites for hydroxylation is 1. The van der Waals surface area contributed by atoms with E-state index in [4.69, 9.17) is 61.9 Å². The number of carboxylic acid groups (broad SMARTS) is 3. The van der Waals surface area contributed by atoms with E-state index in [0.717, 1.165) is 71.8 Å². The van der Waals surface area contributed by atoms with E-state index in [2.05, 4.69) is 52.3 Å². The van der Waals surface area contributed by atoms with Gasteiger partial charge in [0.25, 0.3) is 29.1 Å². The van der Waals surface area contributed by atoms with Gasteiger partial charge >= 0.3 is 36.4 Å². The van der Waals surface area contributed by atoms with Crippen LogP contribution >= 0.6 is 23.2 Å². The molecule has 0 radical (unpaired) electrons. The minimum Gasteiger partial charge on any atom is -0.523 e. The maximum absolute atomic E-state index is 14.0. The van der Waals surface area contributed by atoms with Gasteiger partial charge < -0.3 is 71.2 Å². The number of amides is 3. The first-order chi connectivity index (χ1) is 67.3. The fourth-order valence-electron chi connectivity index (χ4n) is 13.1. The Hall–Kier alpha value is -17.9. The average molecular weight is 1990 g/mol. The van der Waals surface area contributed by atoms with Crippen LogP contribution in [0.2, 0.25) is 0 Å². The standard InChI is InChI=1S/C28H24N2O6.C23H15F2NO2.C15H11F3N2O2.C13H8Cl2O3.2C12H9F3N2O2/c1-35-25-15-17(11-13-23(25)29-21-9-5-3-7-19(21)27(31)32)18-12-14-24(26(16-18)36-2)30-22-10-6-4-8-20(22)28(33)34;1-13-21(23(27)28)18-12-16(24)10-11-20(18)26-22(13)15-8-6-14(7-9-15)17-4-2-3-5-19(17)25;1-3-4-5-12(21)13(19-2)14(22)20-11-8-6-10(7-9-11)15(16,17)18;14-10(15)6-5-9-11(16)7-3-1-2-4-8(7)12(17)13(9)18;1-7-10(6-16-19-7)11(18)17-9-4-2-8(3-5-9)12(13,14)15;1-7(18)10(16-2)11(19)17-9-5-3-8(4-6-9)12(13,14)15/h3-16,29-30H,1-2H3,(H,31,32)(H,33,34);2-12H,1H3,(H,27,28);1,6-9,21H,4-5H2,(H,20,22);1-4,6,16H,5H2;2-6H,1H3,(H,17,18);3-6,18H,1H3,(H,17,19)/b;;13-12+;;;10-7+. The number of hydrogen-bond acceptors (Lipinski definition) is 18. The number of carbonyl (C=O) groups excluding carboxylic acids is 5. The van der Waals surface area contributed by atoms with Crippen molar-refractivity contribution in [3.05, 3.63) is 390 Å². The molecule has 14 rings (SSSR count). The minimum atomic E-state index is -4.47. The van der Waals surface area contributed by atoms with Crippen molar-refractivity contribution < 1.29 is 131 Å². The van der Waals surface area contributed by atoms with Gasteiger partial charge in [0, 0.05) is 69.5 Å². The number of hydrogen-bond donors (Lipinski definition) is 11. The number of carboxylic acids is 3. The summed E-state index contributed by atoms with van der Waals surface area (Å²) in [4.78, 5) is 104. The van der Waals surface area contributed by atoms with Gasteiger partial charge in [-0.05, 0) is 195 Å². The van der Waals surface area contributed by atoms with Crippen LogP contribution in [0.4, 0.5) is 88.1 Å². The summed E-state index contributed by atoms with van der Waals surface area (Å²) in [5.74, 6) is -5.12. The molecule has 3 amide bonds. The third-order valence-corrected chi connectivity index (χ3v) is 20.5. The molecule has 0 bridgehead atoms. The zero-order valence-electron chi connectivity index (χ0n) is 74.4. The number of Topliss-reactive ketones (excluding diaryl/α,β-unsaturated/α-hetero) is 2. The Morgan fingerprint density at radius 3 is 1.37 bits per heavy atom. The third kappa shape index (κ3) is 28.6. The molecule has 2 aromatic heterocycles. The first kappa shape index (κ1) is 108. The predicted molar refractivity (Wildman–Crippen MR) is 509 cm³/mol. The molecule has 13 aromatic rings. The number of alkyl halides is 9. The van der Waals surface area contributed by atoms with Gasteiger partial charge in [-0.25, -0.2) is 37.8 Å². The number of halogens is 13. The van der Waals surface area contributed by atoms with E-state index >= 15 is 0 Å². The molecule has 0 saturated carbocycles. The van der Waals surface area contributed by atoms with E-state index in [0.29, 0.717) is 79.0 Å². The molecular formula is C103H76Cl2F11N9O17. The molecule has 1 aliphatic rings. The number of aromatic carboxylic acids is 3. The molecule has 26 nitrogen and oxygen atoms in total. The quantitative estimate of drug-likeness (QED) is 0.00749. The van der Waals surface area contributed by atoms with Crippen LogP contribution in [0.5, 0.6) is 11.5 Å². The Kier molecular flexibility index (Phi) is 37.0. The molecule has 0 aliphatic heterocycles. The van der Waals surface area contributed by atoms with Crippen molar-refractivity contribution in [1.29, 1.82) is 0 Å². The zero-order chi connectivity index (χ0) is 104. The first-order valence-electron chi connectivity index (χ1n) is 41.0. The molecule has 0 spiro atoms. The summed E-state index contributed by atoms with van der Waals surface area (Å²) in [6, 6.07) is 59.9. The van der Waals surface area contributed by atoms with Gasteiger partial charge in [-0.1, -0.05) is 131 Å². The molecule has 39 heteroatoms. The van der Waals surface area contributed by atoms with Gasteiger partial charge in [-0.3, -0.25) is 24.0 Å². The molecule has 0 fully saturated rings. The van der Waals surface area contributed by atoms with Crippen LogP contribution in [0.3, 0.4) is 0 Å². The molecule has 0 unspecified atom stereocenters. The smallest absolute Gasteiger partial charge is 0.416 e. The summed E-state index contributed by atoms with van der Waals surface area (Å²) in [5, 5.41) is 74.1. The van der Waals surface area contributed by atoms with Crippen molar-refractivity contribution in [1.82, 2.24) is 10.1 Å². The molecule has 142 heavy (non-hydrogen) atoms. The van der Waals surface area contributed by atoms with Crippen molar-refractivity contribution in [3.8, 4) is 57.4 Å². The molecule has 726 valence electrons. The van der Waals surface area contributed by atoms with Crippen LogP contribution in [0.1, 0.15) is 112 Å². The summed E-state index contributed by atoms with van der Waals surface area (Å²) < 4.78 is 155. The fourth-order valence-corrected chi connectivity index (χ4v) is 13.3. The number of aromatic nitrogens is 2. The third-order valence-electron chi connectivity index (χ3n) is 20.2. The number of ketones is 2. The number of aliphatic hydroxyl groups excluding tert-OH is 3. The maximum atomic E-state index is 14.0. The number of nitrogens with one attached hydrogen (secondary N) is 5. The maximum Gasteiger partial charge on any atom is 0.416 e. The Bertz CT molecular complexity index is 7090. The monoisotopic (exact) mass is 1990 g/mol. The van der Waals surface area contributed by atoms with Crippen LogP contribution in [-0.2, 0) is 32.9 Å². The van der Waals surface area contributed by atoms with Crippen LogP contribution in [0.15, 0.2) is 298 Å². The number of methoxy groups -OCH3 is 2. The number of anilines is 7. The lowest BCUT2D eigenvalue weighted by molar-refractivity contribution is -0.138. The summed E-state index contributed by atoms with van der Waals surface area (Å²) in [5.41, 5.74) is 5.12. The highest BCUT2D eigenvalue weighted by Gasteiger charge is 2.35. The number of carbonyl (C=O) groups is 8. The normalized spacial score (nSPS) is 11.7. The molecular weight excluding hydrogens is 1920 g/mol. The Morgan fingerprint density at radius 2 is 0.951 bits per heavy atom. The molecule has 0 atom stereocenters. The van der Waals surface area contributed by atoms with E-state index in [1.165, 1.54) is 73.8 Å². The van der Waals surface area contributed by atoms with Crippen molar-refractivity contribution in [2.75, 3.05) is 40.8 Å². The summed E-state index contributed by atoms with van der Waals surface area (Å²) in [7, 11) is 3.09. The van der Waals surface area contributed by atoms with Gasteiger partial charge in [-0.2, -0.15) is 39.5 Å². The predicted octanol–water partition coefficient (Wildman–Crippen LogP) is 25.9. The molecule has 11 N–H and O–H groups in total. The SMILES string of the molecule is COc1cc(-c2ccc(Nc3ccccc3C(=O)O)c(OC)c2)ccc1Nc1ccccc1C(=O)O.Cc1c(-c2ccc(-c3ccccc3F)cc2)nc2ccc(F)cc2c1C(=O)O.Cc1oncc1C(=O)Nc1ccc(C(F)(F)F)cc1.O=C1C(=O)c2ccccc2C(O)=C1CC=C(Cl)Cl.[C-]#[N+]/C(C(=O)Nc1ccc(C(F)(F)F)cc1)=C(/O)CCC#C.[C-]#[N+]/C(C(=O)Nc1ccc(C(F)(F)F)cc1)=C(\C)O. The number of pyridine rings is 1. The van der Waals surface area contributed by atoms with Crippen LogP contribution in [0, 0.1) is 51.0 Å². The molecule has 0 saturated heterocycles. The van der Waals surface area contributed by atoms with Gasteiger partial charge in [0.15, 0.2) is 0 Å². The van der Waals surface area contributed by atoms with E-state index in [1.807, 2.05) is 36.4 Å². The number of ether oxygens (including phenoxy) is 2. The summed E-state index contributed by atoms with van der Waals surface area (Å²) in [6.45, 7) is 18.0. The van der Waals surface area contributed by atoms with Crippen molar-refractivity contribution in [3.63, 3.8) is 0 Å². The second kappa shape index (κ2) is 48.7. The van der Waals surface area contributed by atoms with Gasteiger partial charge in [0.1, 0.15) is 56.2 Å². The highest BCUT2D eigenvalue weighted by atomic mass is 35.5. The lowest BCUT2D eigenvalue weighted by atomic mass is 9.87. The van der Waals surface area contributed by atoms with Crippen LogP contribution in [0.25, 0.3) is 59.9 Å². The molecule has 11 aromatic carbocycles. The average Bonchev–Trinajstić information content (AvgIpc) is 0.807. The largest absolute Gasteiger partial charge is 0.523 e. The Morgan fingerprint density at radius 1 is 0.514 bits per heavy atom. The second-order valence-electron chi connectivity index (χ2n) is 29.5. The first-order valence-corrected chi connectivity index (χ1v) is 41.8. The van der Waals surface area contributed by atoms with Crippen molar-refractivity contribution >= 4 is 127 Å².